The van der Waals surface area contributed by atoms with Crippen LogP contribution in [-0.2, 0) is 4.74 Å². The minimum absolute atomic E-state index is 0.371. The van der Waals surface area contributed by atoms with Gasteiger partial charge < -0.3 is 15.0 Å². The van der Waals surface area contributed by atoms with Crippen LogP contribution in [0.1, 0.15) is 19.8 Å². The molecule has 84 valence electrons. The van der Waals surface area contributed by atoms with Crippen molar-refractivity contribution in [2.24, 2.45) is 5.92 Å². The Morgan fingerprint density at radius 2 is 2.07 bits per heavy atom. The van der Waals surface area contributed by atoms with Gasteiger partial charge in [0.25, 0.3) is 0 Å². The minimum Gasteiger partial charge on any atom is -0.380 e. The molecule has 0 radical (unpaired) electrons. The van der Waals surface area contributed by atoms with Gasteiger partial charge in [-0.3, -0.25) is 0 Å². The van der Waals surface area contributed by atoms with E-state index in [1.807, 2.05) is 7.05 Å². The first-order valence-corrected chi connectivity index (χ1v) is 5.66. The molecule has 1 N–H and O–H groups in total. The zero-order valence-corrected chi connectivity index (χ0v) is 9.75. The van der Waals surface area contributed by atoms with Crippen molar-refractivity contribution in [3.63, 3.8) is 0 Å². The van der Waals surface area contributed by atoms with E-state index in [1.54, 1.807) is 7.11 Å². The Hall–Kier alpha value is -0.120. The Kier molecular flexibility index (Phi) is 5.45. The van der Waals surface area contributed by atoms with Crippen LogP contribution in [0.15, 0.2) is 0 Å². The molecule has 0 amide bonds. The molecule has 0 spiro atoms. The molecule has 3 heteroatoms. The molecule has 1 unspecified atom stereocenters. The molecular weight excluding hydrogens is 176 g/mol. The zero-order chi connectivity index (χ0) is 10.4. The Morgan fingerprint density at radius 1 is 1.43 bits per heavy atom. The number of ether oxygens (including phenoxy) is 1. The number of hydrogen-bond acceptors (Lipinski definition) is 3. The summed E-state index contributed by atoms with van der Waals surface area (Å²) in [4.78, 5) is 2.51. The van der Waals surface area contributed by atoms with Gasteiger partial charge in [0.2, 0.25) is 0 Å². The van der Waals surface area contributed by atoms with E-state index in [0.717, 1.165) is 12.5 Å². The van der Waals surface area contributed by atoms with E-state index >= 15 is 0 Å². The Labute approximate surface area is 87.8 Å². The summed E-state index contributed by atoms with van der Waals surface area (Å²) in [5, 5.41) is 3.26. The third-order valence-electron chi connectivity index (χ3n) is 3.12. The number of nitrogens with zero attached hydrogens (tertiary/aromatic N) is 1. The fourth-order valence-electron chi connectivity index (χ4n) is 2.10. The zero-order valence-electron chi connectivity index (χ0n) is 9.75. The standard InChI is InChI=1S/C11H24N2O/c1-10(14-3)9-13-6-4-11(5-7-13)8-12-2/h10-12H,4-9H2,1-3H3. The van der Waals surface area contributed by atoms with E-state index in [4.69, 9.17) is 4.74 Å². The lowest BCUT2D eigenvalue weighted by Crippen LogP contribution is -2.40. The smallest absolute Gasteiger partial charge is 0.0670 e. The summed E-state index contributed by atoms with van der Waals surface area (Å²) in [6.07, 6.45) is 3.03. The fraction of sp³-hybridized carbons (Fsp3) is 1.00. The summed E-state index contributed by atoms with van der Waals surface area (Å²) in [6, 6.07) is 0. The predicted octanol–water partition coefficient (Wildman–Crippen LogP) is 0.953. The van der Waals surface area contributed by atoms with Crippen molar-refractivity contribution in [2.75, 3.05) is 40.3 Å². The van der Waals surface area contributed by atoms with Crippen molar-refractivity contribution in [1.82, 2.24) is 10.2 Å². The molecule has 1 atom stereocenters. The molecule has 1 aliphatic rings. The quantitative estimate of drug-likeness (QED) is 0.715. The van der Waals surface area contributed by atoms with Crippen LogP contribution in [-0.4, -0.2) is 51.3 Å². The second kappa shape index (κ2) is 6.38. The van der Waals surface area contributed by atoms with Crippen molar-refractivity contribution in [2.45, 2.75) is 25.9 Å². The van der Waals surface area contributed by atoms with Crippen LogP contribution in [0.2, 0.25) is 0 Å². The number of hydrogen-bond donors (Lipinski definition) is 1. The van der Waals surface area contributed by atoms with Crippen LogP contribution in [0.3, 0.4) is 0 Å². The highest BCUT2D eigenvalue weighted by molar-refractivity contribution is 4.74. The van der Waals surface area contributed by atoms with Gasteiger partial charge in [0.05, 0.1) is 6.10 Å². The highest BCUT2D eigenvalue weighted by atomic mass is 16.5. The van der Waals surface area contributed by atoms with Crippen LogP contribution in [0.5, 0.6) is 0 Å². The number of piperidine rings is 1. The van der Waals surface area contributed by atoms with Gasteiger partial charge in [-0.05, 0) is 52.4 Å². The van der Waals surface area contributed by atoms with Gasteiger partial charge in [-0.1, -0.05) is 0 Å². The molecule has 1 aliphatic heterocycles. The molecule has 1 saturated heterocycles. The van der Waals surface area contributed by atoms with Gasteiger partial charge in [-0.15, -0.1) is 0 Å². The highest BCUT2D eigenvalue weighted by Crippen LogP contribution is 2.16. The van der Waals surface area contributed by atoms with E-state index in [1.165, 1.54) is 32.5 Å². The molecule has 3 nitrogen and oxygen atoms in total. The molecule has 1 fully saturated rings. The molecular formula is C11H24N2O. The molecule has 0 bridgehead atoms. The molecule has 0 saturated carbocycles. The lowest BCUT2D eigenvalue weighted by Gasteiger charge is -2.33. The van der Waals surface area contributed by atoms with Gasteiger partial charge in [0.1, 0.15) is 0 Å². The van der Waals surface area contributed by atoms with E-state index < -0.39 is 0 Å². The van der Waals surface area contributed by atoms with E-state index in [0.29, 0.717) is 6.10 Å². The molecule has 0 aromatic rings. The Bertz CT molecular complexity index is 144. The molecule has 14 heavy (non-hydrogen) atoms. The largest absolute Gasteiger partial charge is 0.380 e. The number of likely N-dealkylation sites (tertiary alicyclic amines) is 1. The number of rotatable bonds is 5. The third-order valence-corrected chi connectivity index (χ3v) is 3.12. The lowest BCUT2D eigenvalue weighted by molar-refractivity contribution is 0.0628. The van der Waals surface area contributed by atoms with Gasteiger partial charge >= 0.3 is 0 Å². The average molecular weight is 200 g/mol. The summed E-state index contributed by atoms with van der Waals surface area (Å²) in [5.74, 6) is 0.883. The summed E-state index contributed by atoms with van der Waals surface area (Å²) in [5.41, 5.74) is 0. The van der Waals surface area contributed by atoms with E-state index in [-0.39, 0.29) is 0 Å². The van der Waals surface area contributed by atoms with Gasteiger partial charge in [-0.2, -0.15) is 0 Å². The third kappa shape index (κ3) is 3.95. The average Bonchev–Trinajstić information content (AvgIpc) is 2.21. The maximum absolute atomic E-state index is 5.27. The number of nitrogens with one attached hydrogen (secondary N) is 1. The van der Waals surface area contributed by atoms with Crippen LogP contribution in [0.4, 0.5) is 0 Å². The van der Waals surface area contributed by atoms with Crippen LogP contribution in [0, 0.1) is 5.92 Å². The Morgan fingerprint density at radius 3 is 2.57 bits per heavy atom. The first-order valence-electron chi connectivity index (χ1n) is 5.66. The first-order chi connectivity index (χ1) is 6.76. The fourth-order valence-corrected chi connectivity index (χ4v) is 2.10. The Balaban J connectivity index is 2.15. The van der Waals surface area contributed by atoms with Crippen LogP contribution < -0.4 is 5.32 Å². The second-order valence-corrected chi connectivity index (χ2v) is 4.35. The summed E-state index contributed by atoms with van der Waals surface area (Å²) in [7, 11) is 3.83. The van der Waals surface area contributed by atoms with Crippen molar-refractivity contribution in [1.29, 1.82) is 0 Å². The monoisotopic (exact) mass is 200 g/mol. The van der Waals surface area contributed by atoms with Crippen molar-refractivity contribution in [3.05, 3.63) is 0 Å². The van der Waals surface area contributed by atoms with Gasteiger partial charge in [0, 0.05) is 13.7 Å². The van der Waals surface area contributed by atoms with Gasteiger partial charge in [0.15, 0.2) is 0 Å². The predicted molar refractivity (Wildman–Crippen MR) is 59.6 cm³/mol. The minimum atomic E-state index is 0.371. The van der Waals surface area contributed by atoms with Gasteiger partial charge in [-0.25, -0.2) is 0 Å². The molecule has 0 aromatic heterocycles. The maximum Gasteiger partial charge on any atom is 0.0670 e. The molecule has 1 heterocycles. The first kappa shape index (κ1) is 12.0. The second-order valence-electron chi connectivity index (χ2n) is 4.35. The summed E-state index contributed by atoms with van der Waals surface area (Å²) in [6.45, 7) is 6.87. The van der Waals surface area contributed by atoms with E-state index in [2.05, 4.69) is 17.1 Å². The van der Waals surface area contributed by atoms with Crippen molar-refractivity contribution >= 4 is 0 Å². The van der Waals surface area contributed by atoms with Crippen molar-refractivity contribution < 1.29 is 4.74 Å². The topological polar surface area (TPSA) is 24.5 Å². The van der Waals surface area contributed by atoms with E-state index in [9.17, 15) is 0 Å². The van der Waals surface area contributed by atoms with Crippen LogP contribution in [0.25, 0.3) is 0 Å². The molecule has 0 aliphatic carbocycles. The summed E-state index contributed by atoms with van der Waals surface area (Å²) >= 11 is 0. The van der Waals surface area contributed by atoms with Crippen LogP contribution >= 0.6 is 0 Å². The highest BCUT2D eigenvalue weighted by Gasteiger charge is 2.19. The SMILES string of the molecule is CNCC1CCN(CC(C)OC)CC1. The summed E-state index contributed by atoms with van der Waals surface area (Å²) < 4.78 is 5.27. The molecule has 0 aromatic carbocycles. The normalized spacial score (nSPS) is 22.5. The van der Waals surface area contributed by atoms with Crippen molar-refractivity contribution in [3.8, 4) is 0 Å². The molecule has 1 rings (SSSR count). The lowest BCUT2D eigenvalue weighted by atomic mass is 9.97. The number of methoxy groups -OCH3 is 1. The maximum atomic E-state index is 5.27.